The van der Waals surface area contributed by atoms with Crippen LogP contribution in [0.2, 0.25) is 0 Å². The highest BCUT2D eigenvalue weighted by molar-refractivity contribution is 5.25. The Morgan fingerprint density at radius 3 is 2.29 bits per heavy atom. The lowest BCUT2D eigenvalue weighted by Crippen LogP contribution is -2.14. The van der Waals surface area contributed by atoms with Gasteiger partial charge in [0.15, 0.2) is 0 Å². The van der Waals surface area contributed by atoms with Crippen molar-refractivity contribution in [1.82, 2.24) is 0 Å². The normalized spacial score (nSPS) is 15.1. The highest BCUT2D eigenvalue weighted by atomic mass is 16.3. The van der Waals surface area contributed by atoms with Crippen molar-refractivity contribution in [2.45, 2.75) is 25.5 Å². The van der Waals surface area contributed by atoms with E-state index >= 15 is 0 Å². The lowest BCUT2D eigenvalue weighted by molar-refractivity contribution is 0.195. The molecule has 3 nitrogen and oxygen atoms in total. The monoisotopic (exact) mass is 195 g/mol. The second-order valence-corrected chi connectivity index (χ2v) is 3.58. The van der Waals surface area contributed by atoms with Gasteiger partial charge in [-0.1, -0.05) is 24.3 Å². The van der Waals surface area contributed by atoms with E-state index < -0.39 is 0 Å². The van der Waals surface area contributed by atoms with E-state index in [1.165, 1.54) is 0 Å². The molecule has 0 heterocycles. The minimum atomic E-state index is -0.327. The van der Waals surface area contributed by atoms with E-state index in [-0.39, 0.29) is 18.8 Å². The molecule has 78 valence electrons. The van der Waals surface area contributed by atoms with Gasteiger partial charge >= 0.3 is 0 Å². The van der Waals surface area contributed by atoms with Crippen LogP contribution in [0.1, 0.15) is 24.1 Å². The van der Waals surface area contributed by atoms with E-state index in [1.807, 2.05) is 24.3 Å². The summed E-state index contributed by atoms with van der Waals surface area (Å²) >= 11 is 0. The molecule has 0 radical (unpaired) electrons. The van der Waals surface area contributed by atoms with Crippen LogP contribution in [0.3, 0.4) is 0 Å². The number of rotatable bonds is 4. The molecule has 0 aromatic heterocycles. The molecule has 2 atom stereocenters. The lowest BCUT2D eigenvalue weighted by Gasteiger charge is -2.09. The molecule has 0 aliphatic carbocycles. The molecule has 0 fully saturated rings. The maximum atomic E-state index is 9.17. The highest BCUT2D eigenvalue weighted by Gasteiger charge is 2.04. The van der Waals surface area contributed by atoms with Crippen molar-refractivity contribution in [3.05, 3.63) is 35.4 Å². The first kappa shape index (κ1) is 11.2. The van der Waals surface area contributed by atoms with Crippen LogP contribution < -0.4 is 5.73 Å². The molecule has 2 unspecified atom stereocenters. The molecule has 0 amide bonds. The molecule has 0 saturated carbocycles. The van der Waals surface area contributed by atoms with E-state index in [4.69, 9.17) is 15.9 Å². The molecule has 0 aliphatic heterocycles. The van der Waals surface area contributed by atoms with Crippen LogP contribution in [0, 0.1) is 0 Å². The number of aliphatic hydroxyl groups is 2. The van der Waals surface area contributed by atoms with Crippen molar-refractivity contribution in [2.24, 2.45) is 5.73 Å². The average molecular weight is 195 g/mol. The van der Waals surface area contributed by atoms with Gasteiger partial charge in [0.1, 0.15) is 0 Å². The Kier molecular flexibility index (Phi) is 4.07. The molecule has 0 saturated heterocycles. The van der Waals surface area contributed by atoms with Crippen molar-refractivity contribution < 1.29 is 10.2 Å². The Morgan fingerprint density at radius 2 is 1.86 bits per heavy atom. The summed E-state index contributed by atoms with van der Waals surface area (Å²) in [5.41, 5.74) is 7.64. The van der Waals surface area contributed by atoms with Crippen LogP contribution in [0.4, 0.5) is 0 Å². The second kappa shape index (κ2) is 5.10. The number of benzene rings is 1. The SMILES string of the molecule is CC(O)Cc1ccc(C(N)CO)cc1. The van der Waals surface area contributed by atoms with Crippen LogP contribution >= 0.6 is 0 Å². The average Bonchev–Trinajstić information content (AvgIpc) is 2.17. The maximum absolute atomic E-state index is 9.17. The van der Waals surface area contributed by atoms with Gasteiger partial charge in [0.2, 0.25) is 0 Å². The van der Waals surface area contributed by atoms with Gasteiger partial charge in [-0.3, -0.25) is 0 Å². The third-order valence-electron chi connectivity index (χ3n) is 2.14. The molecule has 0 spiro atoms. The summed E-state index contributed by atoms with van der Waals surface area (Å²) in [6.07, 6.45) is 0.321. The summed E-state index contributed by atoms with van der Waals surface area (Å²) in [7, 11) is 0. The van der Waals surface area contributed by atoms with Gasteiger partial charge in [-0.2, -0.15) is 0 Å². The molecular weight excluding hydrogens is 178 g/mol. The number of hydrogen-bond donors (Lipinski definition) is 3. The van der Waals surface area contributed by atoms with Crippen molar-refractivity contribution in [3.63, 3.8) is 0 Å². The van der Waals surface area contributed by atoms with Crippen LogP contribution in [-0.4, -0.2) is 22.9 Å². The van der Waals surface area contributed by atoms with Crippen molar-refractivity contribution in [3.8, 4) is 0 Å². The Bertz CT molecular complexity index is 269. The van der Waals surface area contributed by atoms with E-state index in [0.717, 1.165) is 11.1 Å². The summed E-state index contributed by atoms with van der Waals surface area (Å²) in [4.78, 5) is 0. The van der Waals surface area contributed by atoms with Crippen LogP contribution in [-0.2, 0) is 6.42 Å². The fourth-order valence-electron chi connectivity index (χ4n) is 1.35. The van der Waals surface area contributed by atoms with Gasteiger partial charge in [0.25, 0.3) is 0 Å². The van der Waals surface area contributed by atoms with Crippen LogP contribution in [0.15, 0.2) is 24.3 Å². The maximum Gasteiger partial charge on any atom is 0.0624 e. The summed E-state index contributed by atoms with van der Waals surface area (Å²) in [5, 5.41) is 18.0. The van der Waals surface area contributed by atoms with Crippen LogP contribution in [0.25, 0.3) is 0 Å². The van der Waals surface area contributed by atoms with E-state index in [1.54, 1.807) is 6.92 Å². The first-order valence-corrected chi connectivity index (χ1v) is 4.77. The smallest absolute Gasteiger partial charge is 0.0624 e. The second-order valence-electron chi connectivity index (χ2n) is 3.58. The zero-order chi connectivity index (χ0) is 10.6. The minimum Gasteiger partial charge on any atom is -0.394 e. The largest absolute Gasteiger partial charge is 0.394 e. The van der Waals surface area contributed by atoms with Crippen molar-refractivity contribution >= 4 is 0 Å². The van der Waals surface area contributed by atoms with Gasteiger partial charge in [-0.25, -0.2) is 0 Å². The van der Waals surface area contributed by atoms with E-state index in [0.29, 0.717) is 6.42 Å². The Labute approximate surface area is 84.2 Å². The first-order valence-electron chi connectivity index (χ1n) is 4.77. The van der Waals surface area contributed by atoms with Crippen molar-refractivity contribution in [1.29, 1.82) is 0 Å². The molecule has 0 aliphatic rings. The molecule has 1 rings (SSSR count). The van der Waals surface area contributed by atoms with Gasteiger partial charge in [-0.15, -0.1) is 0 Å². The quantitative estimate of drug-likeness (QED) is 0.659. The molecule has 4 N–H and O–H groups in total. The van der Waals surface area contributed by atoms with Gasteiger partial charge in [0.05, 0.1) is 18.8 Å². The number of hydrogen-bond acceptors (Lipinski definition) is 3. The summed E-state index contributed by atoms with van der Waals surface area (Å²) < 4.78 is 0. The Balaban J connectivity index is 2.68. The predicted octanol–water partition coefficient (Wildman–Crippen LogP) is 0.602. The minimum absolute atomic E-state index is 0.0459. The Morgan fingerprint density at radius 1 is 1.29 bits per heavy atom. The van der Waals surface area contributed by atoms with Gasteiger partial charge in [-0.05, 0) is 24.5 Å². The van der Waals surface area contributed by atoms with Gasteiger partial charge < -0.3 is 15.9 Å². The summed E-state index contributed by atoms with van der Waals surface area (Å²) in [6, 6.07) is 7.32. The summed E-state index contributed by atoms with van der Waals surface area (Å²) in [5.74, 6) is 0. The molecule has 3 heteroatoms. The van der Waals surface area contributed by atoms with E-state index in [9.17, 15) is 0 Å². The molecule has 1 aromatic rings. The molecular formula is C11H17NO2. The molecule has 0 bridgehead atoms. The topological polar surface area (TPSA) is 66.5 Å². The lowest BCUT2D eigenvalue weighted by atomic mass is 10.0. The predicted molar refractivity (Wildman–Crippen MR) is 55.8 cm³/mol. The number of nitrogens with two attached hydrogens (primary N) is 1. The van der Waals surface area contributed by atoms with Crippen molar-refractivity contribution in [2.75, 3.05) is 6.61 Å². The standard InChI is InChI=1S/C11H17NO2/c1-8(14)6-9-2-4-10(5-3-9)11(12)7-13/h2-5,8,11,13-14H,6-7,12H2,1H3. The summed E-state index contributed by atoms with van der Waals surface area (Å²) in [6.45, 7) is 1.71. The fraction of sp³-hybridized carbons (Fsp3) is 0.455. The molecule has 1 aromatic carbocycles. The Hall–Kier alpha value is -0.900. The highest BCUT2D eigenvalue weighted by Crippen LogP contribution is 2.12. The third kappa shape index (κ3) is 3.10. The third-order valence-corrected chi connectivity index (χ3v) is 2.14. The zero-order valence-corrected chi connectivity index (χ0v) is 8.35. The van der Waals surface area contributed by atoms with Gasteiger partial charge in [0, 0.05) is 0 Å². The number of aliphatic hydroxyl groups excluding tert-OH is 2. The fourth-order valence-corrected chi connectivity index (χ4v) is 1.35. The van der Waals surface area contributed by atoms with Crippen LogP contribution in [0.5, 0.6) is 0 Å². The first-order chi connectivity index (χ1) is 6.63. The van der Waals surface area contributed by atoms with E-state index in [2.05, 4.69) is 0 Å². The molecule has 14 heavy (non-hydrogen) atoms. The zero-order valence-electron chi connectivity index (χ0n) is 8.35.